The molecule has 1 aliphatic rings. The van der Waals surface area contributed by atoms with Gasteiger partial charge in [-0.1, -0.05) is 18.0 Å². The second-order valence-electron chi connectivity index (χ2n) is 5.19. The number of nitrogens with zero attached hydrogens (tertiary/aromatic N) is 4. The van der Waals surface area contributed by atoms with Gasteiger partial charge in [-0.05, 0) is 19.9 Å². The van der Waals surface area contributed by atoms with Crippen molar-refractivity contribution in [1.82, 2.24) is 25.4 Å². The van der Waals surface area contributed by atoms with E-state index >= 15 is 0 Å². The van der Waals surface area contributed by atoms with Crippen molar-refractivity contribution in [2.24, 2.45) is 0 Å². The third kappa shape index (κ3) is 2.87. The lowest BCUT2D eigenvalue weighted by Gasteiger charge is -2.28. The van der Waals surface area contributed by atoms with Gasteiger partial charge >= 0.3 is 0 Å². The standard InChI is InChI=1S/C14H19N5O2/c1-15-10-6-4-3-5-9(10)14-18-13(19-21-14)11-7-12(20-2)17-8-16-11/h7-10,15H,3-6H2,1-2H3. The molecule has 21 heavy (non-hydrogen) atoms. The average molecular weight is 289 g/mol. The van der Waals surface area contributed by atoms with Gasteiger partial charge in [-0.25, -0.2) is 9.97 Å². The molecule has 1 saturated carbocycles. The van der Waals surface area contributed by atoms with E-state index in [9.17, 15) is 0 Å². The lowest BCUT2D eigenvalue weighted by molar-refractivity contribution is 0.270. The van der Waals surface area contributed by atoms with E-state index in [-0.39, 0.29) is 5.92 Å². The molecule has 2 atom stereocenters. The van der Waals surface area contributed by atoms with Gasteiger partial charge in [0.15, 0.2) is 0 Å². The summed E-state index contributed by atoms with van der Waals surface area (Å²) in [5.74, 6) is 1.92. The van der Waals surface area contributed by atoms with Crippen molar-refractivity contribution in [3.63, 3.8) is 0 Å². The minimum atomic E-state index is 0.272. The molecular formula is C14H19N5O2. The van der Waals surface area contributed by atoms with Crippen molar-refractivity contribution in [3.8, 4) is 17.4 Å². The lowest BCUT2D eigenvalue weighted by Crippen LogP contribution is -2.34. The Morgan fingerprint density at radius 1 is 1.29 bits per heavy atom. The summed E-state index contributed by atoms with van der Waals surface area (Å²) in [5.41, 5.74) is 0.605. The summed E-state index contributed by atoms with van der Waals surface area (Å²) in [6, 6.07) is 2.09. The fourth-order valence-corrected chi connectivity index (χ4v) is 2.84. The first kappa shape index (κ1) is 13.9. The van der Waals surface area contributed by atoms with Gasteiger partial charge in [0.2, 0.25) is 17.6 Å². The van der Waals surface area contributed by atoms with Gasteiger partial charge in [0, 0.05) is 12.1 Å². The molecule has 0 radical (unpaired) electrons. The van der Waals surface area contributed by atoms with Crippen LogP contribution in [0.2, 0.25) is 0 Å². The number of rotatable bonds is 4. The molecule has 0 saturated heterocycles. The normalized spacial score (nSPS) is 22.2. The fourth-order valence-electron chi connectivity index (χ4n) is 2.84. The SMILES string of the molecule is CNC1CCCCC1c1nc(-c2cc(OC)ncn2)no1. The van der Waals surface area contributed by atoms with Crippen LogP contribution in [0, 0.1) is 0 Å². The van der Waals surface area contributed by atoms with Gasteiger partial charge in [0.1, 0.15) is 12.0 Å². The van der Waals surface area contributed by atoms with E-state index in [1.54, 1.807) is 13.2 Å². The van der Waals surface area contributed by atoms with Crippen LogP contribution in [0.3, 0.4) is 0 Å². The van der Waals surface area contributed by atoms with E-state index < -0.39 is 0 Å². The maximum atomic E-state index is 5.46. The highest BCUT2D eigenvalue weighted by atomic mass is 16.5. The molecule has 112 valence electrons. The van der Waals surface area contributed by atoms with Crippen LogP contribution in [-0.2, 0) is 0 Å². The smallest absolute Gasteiger partial charge is 0.231 e. The van der Waals surface area contributed by atoms with E-state index in [0.29, 0.717) is 29.3 Å². The Labute approximate surface area is 123 Å². The second-order valence-corrected chi connectivity index (χ2v) is 5.19. The van der Waals surface area contributed by atoms with Gasteiger partial charge in [-0.15, -0.1) is 0 Å². The Balaban J connectivity index is 1.85. The van der Waals surface area contributed by atoms with Gasteiger partial charge in [-0.3, -0.25) is 0 Å². The third-order valence-electron chi connectivity index (χ3n) is 3.98. The molecule has 1 N–H and O–H groups in total. The molecule has 7 heteroatoms. The van der Waals surface area contributed by atoms with Crippen LogP contribution in [0.25, 0.3) is 11.5 Å². The summed E-state index contributed by atoms with van der Waals surface area (Å²) in [7, 11) is 3.54. The molecule has 3 rings (SSSR count). The highest BCUT2D eigenvalue weighted by molar-refractivity contribution is 5.49. The maximum Gasteiger partial charge on any atom is 0.231 e. The van der Waals surface area contributed by atoms with E-state index in [0.717, 1.165) is 12.8 Å². The number of hydrogen-bond donors (Lipinski definition) is 1. The summed E-state index contributed by atoms with van der Waals surface area (Å²) in [6.07, 6.45) is 6.08. The highest BCUT2D eigenvalue weighted by Crippen LogP contribution is 2.32. The zero-order valence-electron chi connectivity index (χ0n) is 12.2. The monoisotopic (exact) mass is 289 g/mol. The average Bonchev–Trinajstić information content (AvgIpc) is 3.04. The Bertz CT molecular complexity index is 601. The molecule has 7 nitrogen and oxygen atoms in total. The van der Waals surface area contributed by atoms with Crippen LogP contribution in [0.5, 0.6) is 5.88 Å². The van der Waals surface area contributed by atoms with Gasteiger partial charge < -0.3 is 14.6 Å². The Morgan fingerprint density at radius 3 is 2.95 bits per heavy atom. The van der Waals surface area contributed by atoms with Crippen LogP contribution in [0.4, 0.5) is 0 Å². The van der Waals surface area contributed by atoms with E-state index in [1.807, 2.05) is 7.05 Å². The van der Waals surface area contributed by atoms with Crippen molar-refractivity contribution in [2.45, 2.75) is 37.6 Å². The molecule has 1 aliphatic carbocycles. The first-order chi connectivity index (χ1) is 10.3. The number of likely N-dealkylation sites (N-methyl/N-ethyl adjacent to an activating group) is 1. The summed E-state index contributed by atoms with van der Waals surface area (Å²) >= 11 is 0. The molecule has 1 fully saturated rings. The number of aromatic nitrogens is 4. The number of nitrogens with one attached hydrogen (secondary N) is 1. The topological polar surface area (TPSA) is 86.0 Å². The zero-order chi connectivity index (χ0) is 14.7. The first-order valence-electron chi connectivity index (χ1n) is 7.19. The minimum Gasteiger partial charge on any atom is -0.481 e. The van der Waals surface area contributed by atoms with Crippen LogP contribution >= 0.6 is 0 Å². The van der Waals surface area contributed by atoms with Crippen LogP contribution < -0.4 is 10.1 Å². The van der Waals surface area contributed by atoms with Crippen LogP contribution in [0.1, 0.15) is 37.5 Å². The molecule has 2 aromatic rings. The zero-order valence-corrected chi connectivity index (χ0v) is 12.2. The minimum absolute atomic E-state index is 0.272. The van der Waals surface area contributed by atoms with Gasteiger partial charge in [0.05, 0.1) is 13.0 Å². The molecule has 0 aromatic carbocycles. The number of methoxy groups -OCH3 is 1. The first-order valence-corrected chi connectivity index (χ1v) is 7.19. The molecule has 0 spiro atoms. The van der Waals surface area contributed by atoms with Crippen molar-refractivity contribution in [1.29, 1.82) is 0 Å². The second kappa shape index (κ2) is 6.17. The fraction of sp³-hybridized carbons (Fsp3) is 0.571. The molecular weight excluding hydrogens is 270 g/mol. The van der Waals surface area contributed by atoms with Crippen LogP contribution in [0.15, 0.2) is 16.9 Å². The molecule has 0 amide bonds. The van der Waals surface area contributed by atoms with E-state index in [1.165, 1.54) is 19.2 Å². The summed E-state index contributed by atoms with van der Waals surface area (Å²) in [5, 5.41) is 7.39. The summed E-state index contributed by atoms with van der Waals surface area (Å²) < 4.78 is 10.5. The van der Waals surface area contributed by atoms with Gasteiger partial charge in [0.25, 0.3) is 0 Å². The van der Waals surface area contributed by atoms with Crippen molar-refractivity contribution >= 4 is 0 Å². The third-order valence-corrected chi connectivity index (χ3v) is 3.98. The highest BCUT2D eigenvalue weighted by Gasteiger charge is 2.30. The number of hydrogen-bond acceptors (Lipinski definition) is 7. The quantitative estimate of drug-likeness (QED) is 0.918. The Hall–Kier alpha value is -2.02. The van der Waals surface area contributed by atoms with E-state index in [2.05, 4.69) is 25.4 Å². The summed E-state index contributed by atoms with van der Waals surface area (Å²) in [6.45, 7) is 0. The van der Waals surface area contributed by atoms with Crippen LogP contribution in [-0.4, -0.2) is 40.3 Å². The van der Waals surface area contributed by atoms with Crippen molar-refractivity contribution in [2.75, 3.05) is 14.2 Å². The lowest BCUT2D eigenvalue weighted by atomic mass is 9.84. The Kier molecular flexibility index (Phi) is 4.10. The van der Waals surface area contributed by atoms with E-state index in [4.69, 9.17) is 9.26 Å². The molecule has 0 bridgehead atoms. The maximum absolute atomic E-state index is 5.46. The molecule has 2 heterocycles. The predicted octanol–water partition coefficient (Wildman–Crippen LogP) is 1.78. The Morgan fingerprint density at radius 2 is 2.14 bits per heavy atom. The van der Waals surface area contributed by atoms with Gasteiger partial charge in [-0.2, -0.15) is 4.98 Å². The molecule has 2 unspecified atom stereocenters. The molecule has 0 aliphatic heterocycles. The van der Waals surface area contributed by atoms with Crippen molar-refractivity contribution in [3.05, 3.63) is 18.3 Å². The predicted molar refractivity (Wildman–Crippen MR) is 75.9 cm³/mol. The number of ether oxygens (including phenoxy) is 1. The largest absolute Gasteiger partial charge is 0.481 e. The molecule has 2 aromatic heterocycles. The summed E-state index contributed by atoms with van der Waals surface area (Å²) in [4.78, 5) is 12.7. The van der Waals surface area contributed by atoms with Crippen molar-refractivity contribution < 1.29 is 9.26 Å².